The predicted octanol–water partition coefficient (Wildman–Crippen LogP) is 2.03. The molecular formula is C15H24N2O3S. The minimum atomic E-state index is -3.35. The second-order valence-electron chi connectivity index (χ2n) is 6.27. The molecule has 0 saturated heterocycles. The van der Waals surface area contributed by atoms with Crippen LogP contribution in [0.4, 0.5) is 11.4 Å². The molecule has 0 aliphatic heterocycles. The van der Waals surface area contributed by atoms with Gasteiger partial charge < -0.3 is 16.2 Å². The van der Waals surface area contributed by atoms with E-state index in [1.165, 1.54) is 6.07 Å². The van der Waals surface area contributed by atoms with Gasteiger partial charge in [-0.2, -0.15) is 0 Å². The predicted molar refractivity (Wildman–Crippen MR) is 85.0 cm³/mol. The number of hydrogen-bond acceptors (Lipinski definition) is 5. The first-order chi connectivity index (χ1) is 9.71. The SMILES string of the molecule is CC1CCCC(O)(CNc2cccc(S(C)(=O)=O)c2N)C1. The van der Waals surface area contributed by atoms with Gasteiger partial charge in [0.25, 0.3) is 0 Å². The minimum absolute atomic E-state index is 0.122. The average Bonchev–Trinajstić information content (AvgIpc) is 2.36. The molecule has 2 atom stereocenters. The second kappa shape index (κ2) is 5.85. The number of hydrogen-bond donors (Lipinski definition) is 3. The lowest BCUT2D eigenvalue weighted by Gasteiger charge is -2.36. The van der Waals surface area contributed by atoms with E-state index in [-0.39, 0.29) is 10.6 Å². The molecular weight excluding hydrogens is 288 g/mol. The standard InChI is InChI=1S/C15H24N2O3S/c1-11-5-4-8-15(18,9-11)10-17-12-6-3-7-13(14(12)16)21(2,19)20/h3,6-7,11,17-18H,4-5,8-10,16H2,1-2H3. The summed E-state index contributed by atoms with van der Waals surface area (Å²) < 4.78 is 23.3. The molecule has 0 amide bonds. The Labute approximate surface area is 126 Å². The van der Waals surface area contributed by atoms with Crippen molar-refractivity contribution in [2.24, 2.45) is 5.92 Å². The van der Waals surface area contributed by atoms with Crippen LogP contribution in [-0.2, 0) is 9.84 Å². The molecule has 1 saturated carbocycles. The average molecular weight is 312 g/mol. The summed E-state index contributed by atoms with van der Waals surface area (Å²) in [7, 11) is -3.35. The third kappa shape index (κ3) is 3.89. The Balaban J connectivity index is 2.14. The molecule has 2 rings (SSSR count). The molecule has 1 fully saturated rings. The minimum Gasteiger partial charge on any atom is -0.396 e. The van der Waals surface area contributed by atoms with Crippen molar-refractivity contribution in [2.75, 3.05) is 23.9 Å². The van der Waals surface area contributed by atoms with Crippen LogP contribution < -0.4 is 11.1 Å². The van der Waals surface area contributed by atoms with Gasteiger partial charge >= 0.3 is 0 Å². The van der Waals surface area contributed by atoms with Crippen LogP contribution >= 0.6 is 0 Å². The van der Waals surface area contributed by atoms with Crippen molar-refractivity contribution in [3.63, 3.8) is 0 Å². The number of benzene rings is 1. The highest BCUT2D eigenvalue weighted by Gasteiger charge is 2.32. The van der Waals surface area contributed by atoms with Crippen molar-refractivity contribution in [3.8, 4) is 0 Å². The van der Waals surface area contributed by atoms with Gasteiger partial charge in [0.1, 0.15) is 0 Å². The van der Waals surface area contributed by atoms with Crippen LogP contribution in [0.1, 0.15) is 32.6 Å². The first-order valence-corrected chi connectivity index (χ1v) is 9.15. The third-order valence-electron chi connectivity index (χ3n) is 4.14. The van der Waals surface area contributed by atoms with E-state index in [0.29, 0.717) is 18.2 Å². The summed E-state index contributed by atoms with van der Waals surface area (Å²) in [5.74, 6) is 0.505. The summed E-state index contributed by atoms with van der Waals surface area (Å²) in [5, 5.41) is 13.7. The molecule has 0 radical (unpaired) electrons. The lowest BCUT2D eigenvalue weighted by atomic mass is 9.79. The molecule has 0 spiro atoms. The van der Waals surface area contributed by atoms with E-state index in [9.17, 15) is 13.5 Å². The summed E-state index contributed by atoms with van der Waals surface area (Å²) >= 11 is 0. The fourth-order valence-electron chi connectivity index (χ4n) is 3.07. The van der Waals surface area contributed by atoms with Gasteiger partial charge in [0.15, 0.2) is 9.84 Å². The van der Waals surface area contributed by atoms with E-state index in [1.807, 2.05) is 0 Å². The van der Waals surface area contributed by atoms with Gasteiger partial charge in [0.05, 0.1) is 21.9 Å². The number of nitrogen functional groups attached to an aromatic ring is 1. The van der Waals surface area contributed by atoms with Crippen molar-refractivity contribution in [2.45, 2.75) is 43.1 Å². The molecule has 118 valence electrons. The van der Waals surface area contributed by atoms with Crippen LogP contribution in [0.25, 0.3) is 0 Å². The maximum absolute atomic E-state index is 11.7. The highest BCUT2D eigenvalue weighted by molar-refractivity contribution is 7.90. The second-order valence-corrected chi connectivity index (χ2v) is 8.25. The summed E-state index contributed by atoms with van der Waals surface area (Å²) in [4.78, 5) is 0.122. The number of sulfone groups is 1. The monoisotopic (exact) mass is 312 g/mol. The maximum Gasteiger partial charge on any atom is 0.177 e. The van der Waals surface area contributed by atoms with Gasteiger partial charge in [0, 0.05) is 12.8 Å². The van der Waals surface area contributed by atoms with E-state index >= 15 is 0 Å². The van der Waals surface area contributed by atoms with Crippen LogP contribution in [0.5, 0.6) is 0 Å². The number of aliphatic hydroxyl groups is 1. The first kappa shape index (κ1) is 16.1. The molecule has 21 heavy (non-hydrogen) atoms. The van der Waals surface area contributed by atoms with E-state index in [2.05, 4.69) is 12.2 Å². The van der Waals surface area contributed by atoms with Crippen LogP contribution in [0.15, 0.2) is 23.1 Å². The molecule has 4 N–H and O–H groups in total. The zero-order valence-corrected chi connectivity index (χ0v) is 13.4. The van der Waals surface area contributed by atoms with Crippen LogP contribution in [0.2, 0.25) is 0 Å². The van der Waals surface area contributed by atoms with E-state index in [4.69, 9.17) is 5.73 Å². The Hall–Kier alpha value is -1.27. The van der Waals surface area contributed by atoms with Crippen molar-refractivity contribution in [1.29, 1.82) is 0 Å². The normalized spacial score (nSPS) is 26.5. The number of anilines is 2. The molecule has 2 unspecified atom stereocenters. The van der Waals surface area contributed by atoms with Gasteiger partial charge in [-0.1, -0.05) is 25.8 Å². The van der Waals surface area contributed by atoms with Crippen LogP contribution in [-0.4, -0.2) is 31.9 Å². The molecule has 0 aromatic heterocycles. The fraction of sp³-hybridized carbons (Fsp3) is 0.600. The smallest absolute Gasteiger partial charge is 0.177 e. The molecule has 1 aliphatic rings. The highest BCUT2D eigenvalue weighted by atomic mass is 32.2. The van der Waals surface area contributed by atoms with Gasteiger partial charge in [-0.3, -0.25) is 0 Å². The van der Waals surface area contributed by atoms with Crippen LogP contribution in [0, 0.1) is 5.92 Å². The molecule has 1 aromatic rings. The Morgan fingerprint density at radius 1 is 1.48 bits per heavy atom. The lowest BCUT2D eigenvalue weighted by Crippen LogP contribution is -2.41. The van der Waals surface area contributed by atoms with Gasteiger partial charge in [-0.15, -0.1) is 0 Å². The number of para-hydroxylation sites is 1. The molecule has 1 aliphatic carbocycles. The van der Waals surface area contributed by atoms with Crippen LogP contribution in [0.3, 0.4) is 0 Å². The summed E-state index contributed by atoms with van der Waals surface area (Å²) in [6, 6.07) is 4.88. The lowest BCUT2D eigenvalue weighted by molar-refractivity contribution is -0.000749. The van der Waals surface area contributed by atoms with Crippen molar-refractivity contribution in [1.82, 2.24) is 0 Å². The third-order valence-corrected chi connectivity index (χ3v) is 5.30. The fourth-order valence-corrected chi connectivity index (χ4v) is 3.91. The maximum atomic E-state index is 11.7. The quantitative estimate of drug-likeness (QED) is 0.740. The van der Waals surface area contributed by atoms with Crippen molar-refractivity contribution in [3.05, 3.63) is 18.2 Å². The number of rotatable bonds is 4. The summed E-state index contributed by atoms with van der Waals surface area (Å²) in [6.07, 6.45) is 4.81. The van der Waals surface area contributed by atoms with E-state index in [1.54, 1.807) is 12.1 Å². The van der Waals surface area contributed by atoms with Gasteiger partial charge in [-0.05, 0) is 30.9 Å². The van der Waals surface area contributed by atoms with Gasteiger partial charge in [0.2, 0.25) is 0 Å². The van der Waals surface area contributed by atoms with E-state index < -0.39 is 15.4 Å². The highest BCUT2D eigenvalue weighted by Crippen LogP contribution is 2.33. The molecule has 0 heterocycles. The Kier molecular flexibility index (Phi) is 4.49. The zero-order chi connectivity index (χ0) is 15.7. The Morgan fingerprint density at radius 2 is 2.19 bits per heavy atom. The van der Waals surface area contributed by atoms with E-state index in [0.717, 1.165) is 31.9 Å². The van der Waals surface area contributed by atoms with Crippen molar-refractivity contribution < 1.29 is 13.5 Å². The Morgan fingerprint density at radius 3 is 2.81 bits per heavy atom. The first-order valence-electron chi connectivity index (χ1n) is 7.26. The number of nitrogens with one attached hydrogen (secondary N) is 1. The molecule has 5 nitrogen and oxygen atoms in total. The molecule has 1 aromatic carbocycles. The largest absolute Gasteiger partial charge is 0.396 e. The summed E-state index contributed by atoms with van der Waals surface area (Å²) in [6.45, 7) is 2.53. The Bertz CT molecular complexity index is 615. The molecule has 6 heteroatoms. The van der Waals surface area contributed by atoms with Crippen molar-refractivity contribution >= 4 is 21.2 Å². The summed E-state index contributed by atoms with van der Waals surface area (Å²) in [5.41, 5.74) is 5.96. The molecule has 0 bridgehead atoms. The van der Waals surface area contributed by atoms with Gasteiger partial charge in [-0.25, -0.2) is 8.42 Å². The topological polar surface area (TPSA) is 92.4 Å². The number of nitrogens with two attached hydrogens (primary N) is 1. The zero-order valence-electron chi connectivity index (χ0n) is 12.6.